The van der Waals surface area contributed by atoms with Crippen LogP contribution in [0.2, 0.25) is 0 Å². The van der Waals surface area contributed by atoms with E-state index < -0.39 is 6.09 Å². The number of unbranched alkanes of at least 4 members (excludes halogenated alkanes) is 2. The van der Waals surface area contributed by atoms with Gasteiger partial charge in [-0.1, -0.05) is 58.1 Å². The zero-order valence-electron chi connectivity index (χ0n) is 14.6. The van der Waals surface area contributed by atoms with Crippen LogP contribution in [0.1, 0.15) is 51.5 Å². The summed E-state index contributed by atoms with van der Waals surface area (Å²) < 4.78 is 5.27. The standard InChI is InChI=1S/C20H27NO2S/c1-3-5-6-8-15(4-2)13-16-9-7-10-18(23-20(21)22)19(16)17-11-12-24-14-17/h7,9-12,14-15H,3-6,8,13H2,1-2H3,(H2,21,22). The Bertz CT molecular complexity index is 637. The van der Waals surface area contributed by atoms with Crippen molar-refractivity contribution in [3.8, 4) is 16.9 Å². The van der Waals surface area contributed by atoms with Gasteiger partial charge in [0.15, 0.2) is 0 Å². The summed E-state index contributed by atoms with van der Waals surface area (Å²) in [5.74, 6) is 1.21. The largest absolute Gasteiger partial charge is 0.410 e. The number of ether oxygens (including phenoxy) is 1. The van der Waals surface area contributed by atoms with Crippen LogP contribution in [-0.2, 0) is 6.42 Å². The number of nitrogens with two attached hydrogens (primary N) is 1. The smallest absolute Gasteiger partial charge is 0.409 e. The highest BCUT2D eigenvalue weighted by Gasteiger charge is 2.17. The van der Waals surface area contributed by atoms with Gasteiger partial charge in [0, 0.05) is 5.56 Å². The summed E-state index contributed by atoms with van der Waals surface area (Å²) in [6, 6.07) is 7.97. The maximum absolute atomic E-state index is 11.3. The first-order chi connectivity index (χ1) is 11.7. The second-order valence-corrected chi connectivity index (χ2v) is 6.98. The van der Waals surface area contributed by atoms with Crippen LogP contribution in [0, 0.1) is 5.92 Å². The van der Waals surface area contributed by atoms with Gasteiger partial charge in [0.2, 0.25) is 0 Å². The van der Waals surface area contributed by atoms with Crippen molar-refractivity contribution in [3.05, 3.63) is 40.6 Å². The average molecular weight is 346 g/mol. The molecule has 1 heterocycles. The summed E-state index contributed by atoms with van der Waals surface area (Å²) >= 11 is 1.64. The minimum absolute atomic E-state index is 0.557. The molecule has 24 heavy (non-hydrogen) atoms. The monoisotopic (exact) mass is 345 g/mol. The van der Waals surface area contributed by atoms with Gasteiger partial charge < -0.3 is 10.5 Å². The van der Waals surface area contributed by atoms with Crippen molar-refractivity contribution < 1.29 is 9.53 Å². The van der Waals surface area contributed by atoms with Crippen LogP contribution in [-0.4, -0.2) is 6.09 Å². The molecule has 1 aromatic carbocycles. The van der Waals surface area contributed by atoms with Gasteiger partial charge in [-0.05, 0) is 46.4 Å². The van der Waals surface area contributed by atoms with Crippen molar-refractivity contribution in [2.45, 2.75) is 52.4 Å². The van der Waals surface area contributed by atoms with Gasteiger partial charge in [0.05, 0.1) is 0 Å². The van der Waals surface area contributed by atoms with E-state index in [4.69, 9.17) is 10.5 Å². The molecule has 2 aromatic rings. The van der Waals surface area contributed by atoms with Crippen molar-refractivity contribution in [1.82, 2.24) is 0 Å². The Kier molecular flexibility index (Phi) is 7.32. The number of benzene rings is 1. The molecule has 1 atom stereocenters. The number of carbonyl (C=O) groups excluding carboxylic acids is 1. The molecule has 0 bridgehead atoms. The highest BCUT2D eigenvalue weighted by molar-refractivity contribution is 7.08. The molecule has 130 valence electrons. The fourth-order valence-electron chi connectivity index (χ4n) is 3.12. The van der Waals surface area contributed by atoms with Gasteiger partial charge in [0.1, 0.15) is 5.75 Å². The van der Waals surface area contributed by atoms with Crippen molar-refractivity contribution >= 4 is 17.4 Å². The first-order valence-corrected chi connectivity index (χ1v) is 9.71. The van der Waals surface area contributed by atoms with Gasteiger partial charge in [-0.2, -0.15) is 11.3 Å². The lowest BCUT2D eigenvalue weighted by molar-refractivity contribution is 0.211. The Balaban J connectivity index is 2.29. The molecule has 1 aromatic heterocycles. The van der Waals surface area contributed by atoms with Crippen LogP contribution in [0.25, 0.3) is 11.1 Å². The molecular weight excluding hydrogens is 318 g/mol. The number of amides is 1. The molecule has 2 N–H and O–H groups in total. The normalized spacial score (nSPS) is 12.1. The minimum atomic E-state index is -0.765. The van der Waals surface area contributed by atoms with Gasteiger partial charge in [-0.25, -0.2) is 4.79 Å². The van der Waals surface area contributed by atoms with Crippen molar-refractivity contribution in [2.75, 3.05) is 0 Å². The number of rotatable bonds is 9. The number of thiophene rings is 1. The van der Waals surface area contributed by atoms with E-state index in [0.717, 1.165) is 24.0 Å². The van der Waals surface area contributed by atoms with Gasteiger partial charge in [0.25, 0.3) is 0 Å². The Labute approximate surface area is 148 Å². The molecule has 4 heteroatoms. The maximum atomic E-state index is 11.3. The van der Waals surface area contributed by atoms with E-state index in [1.807, 2.05) is 17.5 Å². The summed E-state index contributed by atoms with van der Waals surface area (Å²) in [6.07, 6.45) is 6.46. The van der Waals surface area contributed by atoms with Gasteiger partial charge in [-0.15, -0.1) is 0 Å². The van der Waals surface area contributed by atoms with E-state index in [9.17, 15) is 4.79 Å². The number of hydrogen-bond donors (Lipinski definition) is 1. The Hall–Kier alpha value is -1.81. The predicted octanol–water partition coefficient (Wildman–Crippen LogP) is 6.02. The van der Waals surface area contributed by atoms with E-state index in [1.54, 1.807) is 11.3 Å². The molecule has 0 spiro atoms. The van der Waals surface area contributed by atoms with E-state index in [1.165, 1.54) is 31.2 Å². The first-order valence-electron chi connectivity index (χ1n) is 8.77. The number of hydrogen-bond acceptors (Lipinski definition) is 3. The summed E-state index contributed by atoms with van der Waals surface area (Å²) in [6.45, 7) is 4.49. The van der Waals surface area contributed by atoms with Crippen molar-refractivity contribution in [3.63, 3.8) is 0 Å². The Morgan fingerprint density at radius 2 is 2.08 bits per heavy atom. The second-order valence-electron chi connectivity index (χ2n) is 6.20. The van der Waals surface area contributed by atoms with Crippen LogP contribution in [0.15, 0.2) is 35.0 Å². The fraction of sp³-hybridized carbons (Fsp3) is 0.450. The predicted molar refractivity (Wildman–Crippen MR) is 102 cm³/mol. The zero-order chi connectivity index (χ0) is 17.4. The van der Waals surface area contributed by atoms with Gasteiger partial charge in [-0.3, -0.25) is 0 Å². The fourth-order valence-corrected chi connectivity index (χ4v) is 3.77. The highest BCUT2D eigenvalue weighted by Crippen LogP contribution is 2.37. The summed E-state index contributed by atoms with van der Waals surface area (Å²) in [4.78, 5) is 11.3. The molecule has 0 saturated carbocycles. The molecule has 1 unspecified atom stereocenters. The number of carbonyl (C=O) groups is 1. The third kappa shape index (κ3) is 5.10. The first kappa shape index (κ1) is 18.5. The second kappa shape index (κ2) is 9.48. The number of primary amides is 1. The molecule has 0 aliphatic rings. The summed E-state index contributed by atoms with van der Waals surface area (Å²) in [5, 5.41) is 4.13. The van der Waals surface area contributed by atoms with Crippen LogP contribution in [0.5, 0.6) is 5.75 Å². The van der Waals surface area contributed by atoms with E-state index >= 15 is 0 Å². The quantitative estimate of drug-likeness (QED) is 0.565. The topological polar surface area (TPSA) is 52.3 Å². The Morgan fingerprint density at radius 3 is 2.71 bits per heavy atom. The Morgan fingerprint density at radius 1 is 1.25 bits per heavy atom. The lowest BCUT2D eigenvalue weighted by atomic mass is 9.88. The van der Waals surface area contributed by atoms with E-state index in [2.05, 4.69) is 31.4 Å². The highest BCUT2D eigenvalue weighted by atomic mass is 32.1. The molecule has 0 fully saturated rings. The molecule has 0 aliphatic heterocycles. The summed E-state index contributed by atoms with van der Waals surface area (Å²) in [5.41, 5.74) is 8.58. The SMILES string of the molecule is CCCCCC(CC)Cc1cccc(OC(N)=O)c1-c1ccsc1. The molecule has 0 aliphatic carbocycles. The van der Waals surface area contributed by atoms with Crippen molar-refractivity contribution in [2.24, 2.45) is 11.7 Å². The third-order valence-corrected chi connectivity index (χ3v) is 5.12. The van der Waals surface area contributed by atoms with Crippen LogP contribution < -0.4 is 10.5 Å². The molecule has 0 saturated heterocycles. The van der Waals surface area contributed by atoms with Crippen LogP contribution in [0.4, 0.5) is 4.79 Å². The lowest BCUT2D eigenvalue weighted by Gasteiger charge is -2.19. The van der Waals surface area contributed by atoms with Crippen LogP contribution in [0.3, 0.4) is 0 Å². The lowest BCUT2D eigenvalue weighted by Crippen LogP contribution is -2.17. The van der Waals surface area contributed by atoms with Crippen molar-refractivity contribution in [1.29, 1.82) is 0 Å². The molecular formula is C20H27NO2S. The van der Waals surface area contributed by atoms with Crippen LogP contribution >= 0.6 is 11.3 Å². The maximum Gasteiger partial charge on any atom is 0.409 e. The molecule has 1 amide bonds. The summed E-state index contributed by atoms with van der Waals surface area (Å²) in [7, 11) is 0. The van der Waals surface area contributed by atoms with E-state index in [-0.39, 0.29) is 0 Å². The third-order valence-electron chi connectivity index (χ3n) is 4.43. The molecule has 0 radical (unpaired) electrons. The zero-order valence-corrected chi connectivity index (χ0v) is 15.4. The molecule has 2 rings (SSSR count). The van der Waals surface area contributed by atoms with Gasteiger partial charge >= 0.3 is 6.09 Å². The average Bonchev–Trinajstić information content (AvgIpc) is 3.07. The molecule has 3 nitrogen and oxygen atoms in total. The van der Waals surface area contributed by atoms with E-state index in [0.29, 0.717) is 11.7 Å². The minimum Gasteiger partial charge on any atom is -0.410 e.